The van der Waals surface area contributed by atoms with Crippen molar-refractivity contribution in [1.29, 1.82) is 0 Å². The maximum atomic E-state index is 11.0. The van der Waals surface area contributed by atoms with Gasteiger partial charge in [-0.15, -0.1) is 0 Å². The molecule has 1 atom stereocenters. The molecule has 0 bridgehead atoms. The van der Waals surface area contributed by atoms with Crippen molar-refractivity contribution in [2.75, 3.05) is 0 Å². The van der Waals surface area contributed by atoms with E-state index in [0.717, 1.165) is 5.56 Å². The van der Waals surface area contributed by atoms with Gasteiger partial charge in [0.15, 0.2) is 0 Å². The summed E-state index contributed by atoms with van der Waals surface area (Å²) in [7, 11) is 0. The zero-order valence-electron chi connectivity index (χ0n) is 9.66. The topological polar surface area (TPSA) is 66.4 Å². The number of hydrogen-bond acceptors (Lipinski definition) is 2. The van der Waals surface area contributed by atoms with Gasteiger partial charge in [0, 0.05) is 11.9 Å². The molecule has 4 nitrogen and oxygen atoms in total. The summed E-state index contributed by atoms with van der Waals surface area (Å²) in [5.74, 6) is -1.24. The second-order valence-electron chi connectivity index (χ2n) is 3.86. The van der Waals surface area contributed by atoms with E-state index in [0.29, 0.717) is 10.6 Å². The fraction of sp³-hybridized carbons (Fsp3) is 0.333. The number of nitrogens with one attached hydrogen (secondary N) is 1. The number of aliphatic carboxylic acids is 1. The average Bonchev–Trinajstić information content (AvgIpc) is 2.19. The van der Waals surface area contributed by atoms with E-state index in [1.165, 1.54) is 6.92 Å². The summed E-state index contributed by atoms with van der Waals surface area (Å²) in [4.78, 5) is 21.8. The third kappa shape index (κ3) is 4.07. The fourth-order valence-electron chi connectivity index (χ4n) is 1.50. The lowest BCUT2D eigenvalue weighted by Gasteiger charge is -2.17. The normalized spacial score (nSPS) is 11.9. The SMILES string of the molecule is CC(=O)NC(CC(=O)O)c1ccc(C)c(Cl)c1. The highest BCUT2D eigenvalue weighted by molar-refractivity contribution is 6.31. The molecular formula is C12H14ClNO3. The Morgan fingerprint density at radius 1 is 1.47 bits per heavy atom. The lowest BCUT2D eigenvalue weighted by molar-refractivity contribution is -0.137. The molecule has 1 aromatic rings. The molecule has 0 aromatic heterocycles. The van der Waals surface area contributed by atoms with Crippen molar-refractivity contribution in [3.8, 4) is 0 Å². The van der Waals surface area contributed by atoms with Gasteiger partial charge in [0.1, 0.15) is 0 Å². The highest BCUT2D eigenvalue weighted by atomic mass is 35.5. The predicted molar refractivity (Wildman–Crippen MR) is 65.0 cm³/mol. The molecule has 0 aliphatic rings. The molecule has 0 radical (unpaired) electrons. The largest absolute Gasteiger partial charge is 0.481 e. The van der Waals surface area contributed by atoms with Crippen LogP contribution in [0, 0.1) is 6.92 Å². The Balaban J connectivity index is 2.98. The van der Waals surface area contributed by atoms with Crippen molar-refractivity contribution >= 4 is 23.5 Å². The molecule has 0 heterocycles. The minimum atomic E-state index is -0.972. The lowest BCUT2D eigenvalue weighted by atomic mass is 10.0. The third-order valence-electron chi connectivity index (χ3n) is 2.35. The third-order valence-corrected chi connectivity index (χ3v) is 2.76. The molecule has 1 amide bonds. The van der Waals surface area contributed by atoms with Crippen LogP contribution in [0.4, 0.5) is 0 Å². The predicted octanol–water partition coefficient (Wildman–Crippen LogP) is 2.30. The molecule has 1 unspecified atom stereocenters. The number of rotatable bonds is 4. The van der Waals surface area contributed by atoms with Crippen LogP contribution in [0.3, 0.4) is 0 Å². The number of carboxylic acid groups (broad SMARTS) is 1. The molecular weight excluding hydrogens is 242 g/mol. The Kier molecular flexibility index (Phi) is 4.52. The summed E-state index contributed by atoms with van der Waals surface area (Å²) in [5, 5.41) is 12.0. The van der Waals surface area contributed by atoms with Crippen LogP contribution in [0.5, 0.6) is 0 Å². The van der Waals surface area contributed by atoms with Gasteiger partial charge >= 0.3 is 5.97 Å². The van der Waals surface area contributed by atoms with E-state index in [-0.39, 0.29) is 12.3 Å². The molecule has 0 saturated carbocycles. The van der Waals surface area contributed by atoms with E-state index in [4.69, 9.17) is 16.7 Å². The van der Waals surface area contributed by atoms with E-state index in [1.54, 1.807) is 18.2 Å². The van der Waals surface area contributed by atoms with Crippen molar-refractivity contribution in [3.05, 3.63) is 34.3 Å². The molecule has 17 heavy (non-hydrogen) atoms. The Labute approximate surface area is 105 Å². The molecule has 0 saturated heterocycles. The molecule has 2 N–H and O–H groups in total. The number of carbonyl (C=O) groups is 2. The first-order chi connectivity index (χ1) is 7.90. The summed E-state index contributed by atoms with van der Waals surface area (Å²) < 4.78 is 0. The zero-order valence-corrected chi connectivity index (χ0v) is 10.4. The van der Waals surface area contributed by atoms with Crippen molar-refractivity contribution in [1.82, 2.24) is 5.32 Å². The quantitative estimate of drug-likeness (QED) is 0.868. The summed E-state index contributed by atoms with van der Waals surface area (Å²) in [6, 6.07) is 4.70. The molecule has 5 heteroatoms. The molecule has 1 aromatic carbocycles. The Bertz CT molecular complexity index is 429. The van der Waals surface area contributed by atoms with Gasteiger partial charge < -0.3 is 10.4 Å². The number of hydrogen-bond donors (Lipinski definition) is 2. The fourth-order valence-corrected chi connectivity index (χ4v) is 1.69. The Hall–Kier alpha value is -1.55. The smallest absolute Gasteiger partial charge is 0.305 e. The maximum absolute atomic E-state index is 11.0. The van der Waals surface area contributed by atoms with Gasteiger partial charge in [0.05, 0.1) is 12.5 Å². The minimum absolute atomic E-state index is 0.168. The summed E-state index contributed by atoms with van der Waals surface area (Å²) in [6.07, 6.45) is -0.168. The first kappa shape index (κ1) is 13.5. The van der Waals surface area contributed by atoms with E-state index in [1.807, 2.05) is 6.92 Å². The van der Waals surface area contributed by atoms with Gasteiger partial charge in [0.25, 0.3) is 0 Å². The van der Waals surface area contributed by atoms with Crippen molar-refractivity contribution < 1.29 is 14.7 Å². The first-order valence-corrected chi connectivity index (χ1v) is 5.53. The van der Waals surface area contributed by atoms with E-state index in [2.05, 4.69) is 5.32 Å². The van der Waals surface area contributed by atoms with Crippen LogP contribution >= 0.6 is 11.6 Å². The van der Waals surface area contributed by atoms with Crippen LogP contribution in [0.25, 0.3) is 0 Å². The summed E-state index contributed by atoms with van der Waals surface area (Å²) in [5.41, 5.74) is 1.60. The van der Waals surface area contributed by atoms with Gasteiger partial charge in [-0.05, 0) is 24.1 Å². The van der Waals surface area contributed by atoms with Gasteiger partial charge in [-0.1, -0.05) is 23.7 Å². The Morgan fingerprint density at radius 2 is 2.12 bits per heavy atom. The molecule has 0 aliphatic carbocycles. The highest BCUT2D eigenvalue weighted by Crippen LogP contribution is 2.23. The van der Waals surface area contributed by atoms with E-state index >= 15 is 0 Å². The number of aryl methyl sites for hydroxylation is 1. The summed E-state index contributed by atoms with van der Waals surface area (Å²) in [6.45, 7) is 3.21. The monoisotopic (exact) mass is 255 g/mol. The number of carbonyl (C=O) groups excluding carboxylic acids is 1. The van der Waals surface area contributed by atoms with Gasteiger partial charge in [-0.3, -0.25) is 9.59 Å². The van der Waals surface area contributed by atoms with Crippen LogP contribution in [-0.2, 0) is 9.59 Å². The van der Waals surface area contributed by atoms with Crippen molar-refractivity contribution in [3.63, 3.8) is 0 Å². The number of amides is 1. The van der Waals surface area contributed by atoms with E-state index < -0.39 is 12.0 Å². The van der Waals surface area contributed by atoms with Gasteiger partial charge in [0.2, 0.25) is 5.91 Å². The Morgan fingerprint density at radius 3 is 2.59 bits per heavy atom. The average molecular weight is 256 g/mol. The standard InChI is InChI=1S/C12H14ClNO3/c1-7-3-4-9(5-10(7)13)11(6-12(16)17)14-8(2)15/h3-5,11H,6H2,1-2H3,(H,14,15)(H,16,17). The minimum Gasteiger partial charge on any atom is -0.481 e. The molecule has 0 spiro atoms. The van der Waals surface area contributed by atoms with Crippen LogP contribution in [0.15, 0.2) is 18.2 Å². The second-order valence-corrected chi connectivity index (χ2v) is 4.27. The summed E-state index contributed by atoms with van der Waals surface area (Å²) >= 11 is 5.97. The van der Waals surface area contributed by atoms with Crippen LogP contribution < -0.4 is 5.32 Å². The van der Waals surface area contributed by atoms with Crippen molar-refractivity contribution in [2.45, 2.75) is 26.3 Å². The maximum Gasteiger partial charge on any atom is 0.305 e. The molecule has 92 valence electrons. The zero-order chi connectivity index (χ0) is 13.0. The number of halogens is 1. The van der Waals surface area contributed by atoms with Gasteiger partial charge in [-0.25, -0.2) is 0 Å². The molecule has 0 fully saturated rings. The van der Waals surface area contributed by atoms with Crippen LogP contribution in [-0.4, -0.2) is 17.0 Å². The van der Waals surface area contributed by atoms with Crippen molar-refractivity contribution in [2.24, 2.45) is 0 Å². The molecule has 1 rings (SSSR count). The first-order valence-electron chi connectivity index (χ1n) is 5.15. The molecule has 0 aliphatic heterocycles. The number of carboxylic acids is 1. The highest BCUT2D eigenvalue weighted by Gasteiger charge is 2.17. The lowest BCUT2D eigenvalue weighted by Crippen LogP contribution is -2.28. The van der Waals surface area contributed by atoms with Crippen LogP contribution in [0.1, 0.15) is 30.5 Å². The second kappa shape index (κ2) is 5.68. The van der Waals surface area contributed by atoms with Crippen LogP contribution in [0.2, 0.25) is 5.02 Å². The van der Waals surface area contributed by atoms with Gasteiger partial charge in [-0.2, -0.15) is 0 Å². The van der Waals surface area contributed by atoms with E-state index in [9.17, 15) is 9.59 Å². The number of benzene rings is 1.